The highest BCUT2D eigenvalue weighted by Gasteiger charge is 1.95. The third-order valence-corrected chi connectivity index (χ3v) is 2.40. The Bertz CT molecular complexity index is 241. The minimum atomic E-state index is 1.08. The van der Waals surface area contributed by atoms with Crippen LogP contribution in [0.4, 0.5) is 0 Å². The van der Waals surface area contributed by atoms with Crippen LogP contribution in [0.5, 0.6) is 0 Å². The molecule has 2 heteroatoms. The molecule has 0 spiro atoms. The lowest BCUT2D eigenvalue weighted by atomic mass is 10.1. The minimum Gasteiger partial charge on any atom is -0.320 e. The van der Waals surface area contributed by atoms with Crippen molar-refractivity contribution >= 4 is 0 Å². The fourth-order valence-corrected chi connectivity index (χ4v) is 1.42. The van der Waals surface area contributed by atoms with E-state index in [0.717, 1.165) is 19.4 Å². The topological polar surface area (TPSA) is 24.9 Å². The quantitative estimate of drug-likeness (QED) is 0.699. The maximum atomic E-state index is 4.43. The molecule has 14 heavy (non-hydrogen) atoms. The van der Waals surface area contributed by atoms with Gasteiger partial charge in [-0.15, -0.1) is 0 Å². The van der Waals surface area contributed by atoms with Gasteiger partial charge in [0, 0.05) is 11.9 Å². The van der Waals surface area contributed by atoms with Gasteiger partial charge in [-0.3, -0.25) is 4.98 Å². The molecule has 0 radical (unpaired) electrons. The first-order valence-corrected chi connectivity index (χ1v) is 5.45. The van der Waals surface area contributed by atoms with Crippen LogP contribution in [0.15, 0.2) is 18.3 Å². The summed E-state index contributed by atoms with van der Waals surface area (Å²) in [6.07, 6.45) is 6.62. The number of rotatable bonds is 6. The number of hydrogen-bond donors (Lipinski definition) is 1. The molecule has 1 N–H and O–H groups in total. The molecule has 0 fully saturated rings. The Hall–Kier alpha value is -0.890. The van der Waals surface area contributed by atoms with Crippen molar-refractivity contribution < 1.29 is 0 Å². The van der Waals surface area contributed by atoms with Crippen molar-refractivity contribution in [1.82, 2.24) is 10.3 Å². The van der Waals surface area contributed by atoms with Crippen LogP contribution in [0.1, 0.15) is 31.0 Å². The van der Waals surface area contributed by atoms with Crippen LogP contribution in [-0.4, -0.2) is 18.6 Å². The smallest absolute Gasteiger partial charge is 0.0403 e. The highest BCUT2D eigenvalue weighted by Crippen LogP contribution is 2.04. The Kier molecular flexibility index (Phi) is 5.23. The molecule has 0 saturated heterocycles. The molecule has 0 aromatic carbocycles. The van der Waals surface area contributed by atoms with E-state index in [9.17, 15) is 0 Å². The Morgan fingerprint density at radius 2 is 2.14 bits per heavy atom. The van der Waals surface area contributed by atoms with Gasteiger partial charge < -0.3 is 5.32 Å². The second-order valence-corrected chi connectivity index (χ2v) is 3.57. The maximum absolute atomic E-state index is 4.43. The number of aromatic nitrogens is 1. The molecule has 1 aromatic rings. The van der Waals surface area contributed by atoms with Crippen LogP contribution in [0.3, 0.4) is 0 Å². The Labute approximate surface area is 86.8 Å². The first-order chi connectivity index (χ1) is 6.86. The van der Waals surface area contributed by atoms with Crippen molar-refractivity contribution in [3.63, 3.8) is 0 Å². The summed E-state index contributed by atoms with van der Waals surface area (Å²) < 4.78 is 0. The van der Waals surface area contributed by atoms with Crippen LogP contribution >= 0.6 is 0 Å². The van der Waals surface area contributed by atoms with E-state index in [4.69, 9.17) is 0 Å². The number of aryl methyl sites for hydroxylation is 2. The zero-order valence-corrected chi connectivity index (χ0v) is 9.21. The first kappa shape index (κ1) is 11.2. The van der Waals surface area contributed by atoms with Crippen molar-refractivity contribution in [2.75, 3.05) is 13.6 Å². The monoisotopic (exact) mass is 192 g/mol. The number of hydrogen-bond acceptors (Lipinski definition) is 2. The van der Waals surface area contributed by atoms with Gasteiger partial charge in [-0.2, -0.15) is 0 Å². The zero-order valence-electron chi connectivity index (χ0n) is 9.21. The Morgan fingerprint density at radius 1 is 1.29 bits per heavy atom. The SMILES string of the molecule is CCc1ccc(CCCCNC)nc1. The van der Waals surface area contributed by atoms with Gasteiger partial charge >= 0.3 is 0 Å². The van der Waals surface area contributed by atoms with Crippen molar-refractivity contribution in [1.29, 1.82) is 0 Å². The van der Waals surface area contributed by atoms with Gasteiger partial charge in [-0.1, -0.05) is 13.0 Å². The van der Waals surface area contributed by atoms with Crippen molar-refractivity contribution in [3.05, 3.63) is 29.6 Å². The van der Waals surface area contributed by atoms with E-state index in [-0.39, 0.29) is 0 Å². The van der Waals surface area contributed by atoms with Gasteiger partial charge in [-0.25, -0.2) is 0 Å². The molecule has 0 aliphatic heterocycles. The van der Waals surface area contributed by atoms with Crippen molar-refractivity contribution in [2.45, 2.75) is 32.6 Å². The van der Waals surface area contributed by atoms with Gasteiger partial charge in [0.15, 0.2) is 0 Å². The summed E-state index contributed by atoms with van der Waals surface area (Å²) in [5, 5.41) is 3.15. The van der Waals surface area contributed by atoms with Crippen LogP contribution in [0.2, 0.25) is 0 Å². The lowest BCUT2D eigenvalue weighted by molar-refractivity contribution is 0.670. The third-order valence-electron chi connectivity index (χ3n) is 2.40. The summed E-state index contributed by atoms with van der Waals surface area (Å²) in [5.74, 6) is 0. The molecule has 0 amide bonds. The zero-order chi connectivity index (χ0) is 10.2. The molecular weight excluding hydrogens is 172 g/mol. The summed E-state index contributed by atoms with van der Waals surface area (Å²) in [7, 11) is 1.99. The minimum absolute atomic E-state index is 1.08. The highest BCUT2D eigenvalue weighted by molar-refractivity contribution is 5.13. The predicted molar refractivity (Wildman–Crippen MR) is 60.5 cm³/mol. The standard InChI is InChI=1S/C12H20N2/c1-3-11-7-8-12(14-10-11)6-4-5-9-13-2/h7-8,10,13H,3-6,9H2,1-2H3. The summed E-state index contributed by atoms with van der Waals surface area (Å²) >= 11 is 0. The third kappa shape index (κ3) is 3.88. The molecule has 0 aliphatic rings. The highest BCUT2D eigenvalue weighted by atomic mass is 14.8. The largest absolute Gasteiger partial charge is 0.320 e. The van der Waals surface area contributed by atoms with E-state index in [2.05, 4.69) is 29.4 Å². The number of unbranched alkanes of at least 4 members (excludes halogenated alkanes) is 1. The predicted octanol–water partition coefficient (Wildman–Crippen LogP) is 2.19. The maximum Gasteiger partial charge on any atom is 0.0403 e. The molecule has 0 bridgehead atoms. The van der Waals surface area contributed by atoms with Crippen molar-refractivity contribution in [2.24, 2.45) is 0 Å². The van der Waals surface area contributed by atoms with Crippen LogP contribution < -0.4 is 5.32 Å². The van der Waals surface area contributed by atoms with Gasteiger partial charge in [0.2, 0.25) is 0 Å². The Morgan fingerprint density at radius 3 is 2.71 bits per heavy atom. The average molecular weight is 192 g/mol. The van der Waals surface area contributed by atoms with E-state index in [1.807, 2.05) is 13.2 Å². The summed E-state index contributed by atoms with van der Waals surface area (Å²) in [5.41, 5.74) is 2.54. The molecule has 0 aliphatic carbocycles. The average Bonchev–Trinajstić information content (AvgIpc) is 2.25. The fraction of sp³-hybridized carbons (Fsp3) is 0.583. The van der Waals surface area contributed by atoms with E-state index < -0.39 is 0 Å². The number of nitrogens with one attached hydrogen (secondary N) is 1. The van der Waals surface area contributed by atoms with E-state index in [1.165, 1.54) is 24.1 Å². The lowest BCUT2D eigenvalue weighted by Crippen LogP contribution is -2.07. The second-order valence-electron chi connectivity index (χ2n) is 3.57. The van der Waals surface area contributed by atoms with Gasteiger partial charge in [0.1, 0.15) is 0 Å². The first-order valence-electron chi connectivity index (χ1n) is 5.45. The molecule has 1 heterocycles. The normalized spacial score (nSPS) is 10.4. The molecule has 0 saturated carbocycles. The number of pyridine rings is 1. The van der Waals surface area contributed by atoms with Crippen LogP contribution in [-0.2, 0) is 12.8 Å². The molecule has 2 nitrogen and oxygen atoms in total. The van der Waals surface area contributed by atoms with Crippen molar-refractivity contribution in [3.8, 4) is 0 Å². The summed E-state index contributed by atoms with van der Waals surface area (Å²) in [6, 6.07) is 4.33. The van der Waals surface area contributed by atoms with Gasteiger partial charge in [-0.05, 0) is 50.9 Å². The number of nitrogens with zero attached hydrogens (tertiary/aromatic N) is 1. The van der Waals surface area contributed by atoms with E-state index in [1.54, 1.807) is 0 Å². The molecular formula is C12H20N2. The van der Waals surface area contributed by atoms with Gasteiger partial charge in [0.25, 0.3) is 0 Å². The summed E-state index contributed by atoms with van der Waals surface area (Å²) in [4.78, 5) is 4.43. The lowest BCUT2D eigenvalue weighted by Gasteiger charge is -2.01. The Balaban J connectivity index is 2.29. The molecule has 0 atom stereocenters. The van der Waals surface area contributed by atoms with Gasteiger partial charge in [0.05, 0.1) is 0 Å². The molecule has 1 aromatic heterocycles. The molecule has 0 unspecified atom stereocenters. The second kappa shape index (κ2) is 6.55. The summed E-state index contributed by atoms with van der Waals surface area (Å²) in [6.45, 7) is 3.26. The van der Waals surface area contributed by atoms with Crippen LogP contribution in [0, 0.1) is 0 Å². The van der Waals surface area contributed by atoms with E-state index >= 15 is 0 Å². The van der Waals surface area contributed by atoms with E-state index in [0.29, 0.717) is 0 Å². The van der Waals surface area contributed by atoms with Crippen LogP contribution in [0.25, 0.3) is 0 Å². The fourth-order valence-electron chi connectivity index (χ4n) is 1.42. The molecule has 1 rings (SSSR count). The molecule has 78 valence electrons.